The van der Waals surface area contributed by atoms with Gasteiger partial charge in [0.05, 0.1) is 12.1 Å². The van der Waals surface area contributed by atoms with Crippen molar-refractivity contribution < 1.29 is 5.11 Å². The molecule has 3 N–H and O–H groups in total. The molecule has 0 heterocycles. The van der Waals surface area contributed by atoms with E-state index in [0.717, 1.165) is 10.0 Å². The molecule has 100 valence electrons. The molecule has 0 spiro atoms. The summed E-state index contributed by atoms with van der Waals surface area (Å²) >= 11 is 8.53. The van der Waals surface area contributed by atoms with Gasteiger partial charge in [0.1, 0.15) is 0 Å². The highest BCUT2D eigenvalue weighted by molar-refractivity contribution is 9.10. The molecule has 2 unspecified atom stereocenters. The topological polar surface area (TPSA) is 44.3 Å². The maximum Gasteiger partial charge on any atom is 0.166 e. The molecule has 0 amide bonds. The third-order valence-corrected chi connectivity index (χ3v) is 3.23. The molecule has 1 aromatic carbocycles. The van der Waals surface area contributed by atoms with E-state index in [2.05, 4.69) is 26.6 Å². The average Bonchev–Trinajstić information content (AvgIpc) is 2.27. The Hall–Kier alpha value is -0.650. The van der Waals surface area contributed by atoms with Crippen molar-refractivity contribution in [2.24, 2.45) is 0 Å². The highest BCUT2D eigenvalue weighted by Gasteiger charge is 2.17. The fraction of sp³-hybridized carbons (Fsp3) is 0.462. The standard InChI is InChI=1S/C13H19BrN2OS/c1-8(2)15-13(18)16-9(3)12(17)10-4-6-11(14)7-5-10/h4-9,12,17H,1-3H3,(H2,15,16,18). The quantitative estimate of drug-likeness (QED) is 0.743. The molecule has 0 saturated heterocycles. The second-order valence-electron chi connectivity index (χ2n) is 4.56. The van der Waals surface area contributed by atoms with Crippen LogP contribution in [0.25, 0.3) is 0 Å². The first-order chi connectivity index (χ1) is 8.40. The first-order valence-electron chi connectivity index (χ1n) is 5.90. The molecule has 1 rings (SSSR count). The summed E-state index contributed by atoms with van der Waals surface area (Å²) in [7, 11) is 0. The Morgan fingerprint density at radius 3 is 2.22 bits per heavy atom. The molecule has 0 radical (unpaired) electrons. The van der Waals surface area contributed by atoms with Crippen LogP contribution >= 0.6 is 28.1 Å². The van der Waals surface area contributed by atoms with Gasteiger partial charge < -0.3 is 15.7 Å². The van der Waals surface area contributed by atoms with E-state index < -0.39 is 6.10 Å². The fourth-order valence-electron chi connectivity index (χ4n) is 1.54. The van der Waals surface area contributed by atoms with E-state index >= 15 is 0 Å². The van der Waals surface area contributed by atoms with Gasteiger partial charge in [0.25, 0.3) is 0 Å². The van der Waals surface area contributed by atoms with E-state index in [-0.39, 0.29) is 12.1 Å². The third-order valence-electron chi connectivity index (χ3n) is 2.46. The molecule has 0 saturated carbocycles. The predicted octanol–water partition coefficient (Wildman–Crippen LogP) is 2.74. The Balaban J connectivity index is 2.58. The Morgan fingerprint density at radius 2 is 1.72 bits per heavy atom. The Bertz CT molecular complexity index is 394. The number of thiocarbonyl (C=S) groups is 1. The van der Waals surface area contributed by atoms with Crippen LogP contribution in [0.4, 0.5) is 0 Å². The average molecular weight is 331 g/mol. The van der Waals surface area contributed by atoms with E-state index in [1.807, 2.05) is 45.0 Å². The van der Waals surface area contributed by atoms with Crippen molar-refractivity contribution in [1.29, 1.82) is 0 Å². The van der Waals surface area contributed by atoms with Crippen molar-refractivity contribution in [3.8, 4) is 0 Å². The molecule has 0 bridgehead atoms. The number of rotatable bonds is 4. The fourth-order valence-corrected chi connectivity index (χ4v) is 2.22. The van der Waals surface area contributed by atoms with Crippen LogP contribution < -0.4 is 10.6 Å². The Labute approximate surface area is 122 Å². The van der Waals surface area contributed by atoms with Crippen LogP contribution in [0.3, 0.4) is 0 Å². The second kappa shape index (κ2) is 7.07. The third kappa shape index (κ3) is 4.92. The zero-order chi connectivity index (χ0) is 13.7. The Kier molecular flexibility index (Phi) is 6.05. The highest BCUT2D eigenvalue weighted by atomic mass is 79.9. The lowest BCUT2D eigenvalue weighted by atomic mass is 10.0. The minimum absolute atomic E-state index is 0.148. The minimum atomic E-state index is -0.593. The number of aliphatic hydroxyl groups is 1. The van der Waals surface area contributed by atoms with Gasteiger partial charge in [0, 0.05) is 10.5 Å². The van der Waals surface area contributed by atoms with E-state index in [1.54, 1.807) is 0 Å². The van der Waals surface area contributed by atoms with E-state index in [1.165, 1.54) is 0 Å². The van der Waals surface area contributed by atoms with Crippen molar-refractivity contribution in [2.45, 2.75) is 39.0 Å². The van der Waals surface area contributed by atoms with E-state index in [4.69, 9.17) is 12.2 Å². The van der Waals surface area contributed by atoms with Crippen LogP contribution in [0.5, 0.6) is 0 Å². The van der Waals surface area contributed by atoms with Gasteiger partial charge in [-0.2, -0.15) is 0 Å². The SMILES string of the molecule is CC(C)NC(=S)NC(C)C(O)c1ccc(Br)cc1. The molecule has 0 aliphatic heterocycles. The number of hydrogen-bond acceptors (Lipinski definition) is 2. The lowest BCUT2D eigenvalue weighted by Gasteiger charge is -2.23. The molecule has 3 nitrogen and oxygen atoms in total. The van der Waals surface area contributed by atoms with Crippen molar-refractivity contribution in [3.63, 3.8) is 0 Å². The van der Waals surface area contributed by atoms with Crippen molar-refractivity contribution in [3.05, 3.63) is 34.3 Å². The van der Waals surface area contributed by atoms with E-state index in [0.29, 0.717) is 5.11 Å². The molecule has 2 atom stereocenters. The molecule has 0 fully saturated rings. The monoisotopic (exact) mass is 330 g/mol. The Morgan fingerprint density at radius 1 is 1.17 bits per heavy atom. The summed E-state index contributed by atoms with van der Waals surface area (Å²) in [5.41, 5.74) is 0.866. The van der Waals surface area contributed by atoms with Crippen LogP contribution in [0.2, 0.25) is 0 Å². The number of benzene rings is 1. The van der Waals surface area contributed by atoms with Crippen LogP contribution in [0, 0.1) is 0 Å². The molecule has 18 heavy (non-hydrogen) atoms. The zero-order valence-electron chi connectivity index (χ0n) is 10.8. The lowest BCUT2D eigenvalue weighted by molar-refractivity contribution is 0.145. The molecular formula is C13H19BrN2OS. The lowest BCUT2D eigenvalue weighted by Crippen LogP contribution is -2.45. The van der Waals surface area contributed by atoms with Gasteiger partial charge in [-0.3, -0.25) is 0 Å². The van der Waals surface area contributed by atoms with Gasteiger partial charge in [0.2, 0.25) is 0 Å². The van der Waals surface area contributed by atoms with Crippen molar-refractivity contribution in [1.82, 2.24) is 10.6 Å². The summed E-state index contributed by atoms with van der Waals surface area (Å²) in [4.78, 5) is 0. The molecule has 5 heteroatoms. The normalized spacial score (nSPS) is 14.1. The first-order valence-corrected chi connectivity index (χ1v) is 7.11. The summed E-state index contributed by atoms with van der Waals surface area (Å²) in [6.07, 6.45) is -0.593. The summed E-state index contributed by atoms with van der Waals surface area (Å²) in [6, 6.07) is 7.75. The number of nitrogens with one attached hydrogen (secondary N) is 2. The molecule has 1 aromatic rings. The van der Waals surface area contributed by atoms with Gasteiger partial charge in [-0.25, -0.2) is 0 Å². The van der Waals surface area contributed by atoms with Crippen molar-refractivity contribution >= 4 is 33.3 Å². The molecule has 0 aromatic heterocycles. The first kappa shape index (κ1) is 15.4. The zero-order valence-corrected chi connectivity index (χ0v) is 13.2. The summed E-state index contributed by atoms with van der Waals surface area (Å²) in [5.74, 6) is 0. The minimum Gasteiger partial charge on any atom is -0.386 e. The number of halogens is 1. The predicted molar refractivity (Wildman–Crippen MR) is 82.6 cm³/mol. The molecule has 0 aliphatic rings. The summed E-state index contributed by atoms with van der Waals surface area (Å²) < 4.78 is 0.996. The van der Waals surface area contributed by atoms with Crippen LogP contribution in [-0.2, 0) is 0 Å². The van der Waals surface area contributed by atoms with Gasteiger partial charge in [-0.15, -0.1) is 0 Å². The second-order valence-corrected chi connectivity index (χ2v) is 5.88. The highest BCUT2D eigenvalue weighted by Crippen LogP contribution is 2.19. The number of aliphatic hydroxyl groups excluding tert-OH is 1. The molecular weight excluding hydrogens is 312 g/mol. The largest absolute Gasteiger partial charge is 0.386 e. The van der Waals surface area contributed by atoms with Gasteiger partial charge in [-0.1, -0.05) is 28.1 Å². The van der Waals surface area contributed by atoms with Gasteiger partial charge in [0.15, 0.2) is 5.11 Å². The molecule has 0 aliphatic carbocycles. The summed E-state index contributed by atoms with van der Waals surface area (Å²) in [5, 5.41) is 16.9. The number of hydrogen-bond donors (Lipinski definition) is 3. The summed E-state index contributed by atoms with van der Waals surface area (Å²) in [6.45, 7) is 5.94. The van der Waals surface area contributed by atoms with Crippen LogP contribution in [0.15, 0.2) is 28.7 Å². The van der Waals surface area contributed by atoms with Crippen LogP contribution in [-0.4, -0.2) is 22.3 Å². The maximum absolute atomic E-state index is 10.2. The van der Waals surface area contributed by atoms with Crippen LogP contribution in [0.1, 0.15) is 32.4 Å². The van der Waals surface area contributed by atoms with Gasteiger partial charge >= 0.3 is 0 Å². The van der Waals surface area contributed by atoms with Crippen molar-refractivity contribution in [2.75, 3.05) is 0 Å². The maximum atomic E-state index is 10.2. The smallest absolute Gasteiger partial charge is 0.166 e. The van der Waals surface area contributed by atoms with Gasteiger partial charge in [-0.05, 0) is 50.7 Å². The van der Waals surface area contributed by atoms with E-state index in [9.17, 15) is 5.11 Å².